The molecule has 3 nitrogen and oxygen atoms in total. The lowest BCUT2D eigenvalue weighted by molar-refractivity contribution is -0.00525. The number of nitrogens with zero attached hydrogens (tertiary/aromatic N) is 1. The molecule has 4 heteroatoms. The van der Waals surface area contributed by atoms with Crippen LogP contribution in [-0.4, -0.2) is 25.3 Å². The fourth-order valence-electron chi connectivity index (χ4n) is 3.11. The van der Waals surface area contributed by atoms with Crippen molar-refractivity contribution in [2.24, 2.45) is 0 Å². The van der Waals surface area contributed by atoms with Crippen molar-refractivity contribution in [1.82, 2.24) is 0 Å². The summed E-state index contributed by atoms with van der Waals surface area (Å²) in [5.41, 5.74) is 3.40. The number of hydrogen-bond donors (Lipinski definition) is 1. The Morgan fingerprint density at radius 1 is 1.04 bits per heavy atom. The molecule has 0 saturated carbocycles. The lowest BCUT2D eigenvalue weighted by Crippen LogP contribution is -2.45. The van der Waals surface area contributed by atoms with Gasteiger partial charge in [0.1, 0.15) is 5.82 Å². The molecular weight excluding hydrogens is 291 g/mol. The fraction of sp³-hybridized carbons (Fsp3) is 0.368. The average molecular weight is 314 g/mol. The molecular formula is C19H23FN2O. The smallest absolute Gasteiger partial charge is 0.123 e. The van der Waals surface area contributed by atoms with E-state index in [4.69, 9.17) is 4.74 Å². The topological polar surface area (TPSA) is 24.5 Å². The van der Waals surface area contributed by atoms with Gasteiger partial charge in [-0.2, -0.15) is 0 Å². The van der Waals surface area contributed by atoms with E-state index in [1.807, 2.05) is 0 Å². The fourth-order valence-corrected chi connectivity index (χ4v) is 3.11. The highest BCUT2D eigenvalue weighted by Crippen LogP contribution is 2.25. The molecule has 1 aliphatic rings. The zero-order chi connectivity index (χ0) is 16.2. The average Bonchev–Trinajstić information content (AvgIpc) is 2.54. The molecule has 2 atom stereocenters. The number of benzene rings is 2. The highest BCUT2D eigenvalue weighted by molar-refractivity contribution is 5.56. The Morgan fingerprint density at radius 2 is 1.70 bits per heavy atom. The summed E-state index contributed by atoms with van der Waals surface area (Å²) >= 11 is 0. The van der Waals surface area contributed by atoms with Crippen LogP contribution in [0.1, 0.15) is 19.4 Å². The minimum Gasteiger partial charge on any atom is -0.381 e. The van der Waals surface area contributed by atoms with Crippen LogP contribution in [0.25, 0.3) is 0 Å². The third-order valence-corrected chi connectivity index (χ3v) is 4.08. The normalized spacial score (nSPS) is 21.3. The van der Waals surface area contributed by atoms with Gasteiger partial charge < -0.3 is 15.0 Å². The number of ether oxygens (including phenoxy) is 1. The zero-order valence-corrected chi connectivity index (χ0v) is 13.6. The largest absolute Gasteiger partial charge is 0.381 e. The Hall–Kier alpha value is -2.07. The minimum atomic E-state index is -0.216. The van der Waals surface area contributed by atoms with Gasteiger partial charge in [0, 0.05) is 31.0 Å². The van der Waals surface area contributed by atoms with Crippen LogP contribution in [0.15, 0.2) is 48.5 Å². The molecule has 1 fully saturated rings. The molecule has 0 aromatic heterocycles. The van der Waals surface area contributed by atoms with Crippen molar-refractivity contribution in [2.75, 3.05) is 23.3 Å². The third-order valence-electron chi connectivity index (χ3n) is 4.08. The Kier molecular flexibility index (Phi) is 4.82. The summed E-state index contributed by atoms with van der Waals surface area (Å²) in [7, 11) is 0. The van der Waals surface area contributed by atoms with Gasteiger partial charge in [-0.05, 0) is 49.7 Å². The van der Waals surface area contributed by atoms with E-state index in [0.717, 1.165) is 18.8 Å². The molecule has 0 spiro atoms. The van der Waals surface area contributed by atoms with Crippen molar-refractivity contribution >= 4 is 11.4 Å². The van der Waals surface area contributed by atoms with E-state index in [1.165, 1.54) is 23.4 Å². The van der Waals surface area contributed by atoms with Crippen molar-refractivity contribution in [1.29, 1.82) is 0 Å². The number of hydrogen-bond acceptors (Lipinski definition) is 3. The number of anilines is 2. The van der Waals surface area contributed by atoms with Crippen LogP contribution < -0.4 is 10.2 Å². The van der Waals surface area contributed by atoms with E-state index in [9.17, 15) is 4.39 Å². The molecule has 0 radical (unpaired) electrons. The second-order valence-corrected chi connectivity index (χ2v) is 6.15. The van der Waals surface area contributed by atoms with E-state index in [0.29, 0.717) is 6.54 Å². The maximum Gasteiger partial charge on any atom is 0.123 e. The Morgan fingerprint density at radius 3 is 2.39 bits per heavy atom. The monoisotopic (exact) mass is 314 g/mol. The van der Waals surface area contributed by atoms with Crippen molar-refractivity contribution in [3.63, 3.8) is 0 Å². The van der Waals surface area contributed by atoms with Crippen LogP contribution in [0.3, 0.4) is 0 Å². The molecule has 2 aromatic rings. The Bertz CT molecular complexity index is 634. The molecule has 2 aromatic carbocycles. The van der Waals surface area contributed by atoms with E-state index in [2.05, 4.69) is 48.3 Å². The van der Waals surface area contributed by atoms with E-state index >= 15 is 0 Å². The van der Waals surface area contributed by atoms with Crippen LogP contribution in [0.5, 0.6) is 0 Å². The highest BCUT2D eigenvalue weighted by atomic mass is 19.1. The van der Waals surface area contributed by atoms with E-state index in [-0.39, 0.29) is 18.0 Å². The predicted molar refractivity (Wildman–Crippen MR) is 92.4 cm³/mol. The molecule has 1 N–H and O–H groups in total. The standard InChI is InChI=1S/C19H23FN2O/c1-14-12-22(13-15(2)23-14)19-6-4-3-5-16(19)11-21-18-9-7-17(20)8-10-18/h3-10,14-15,21H,11-13H2,1-2H3/t14-,15+. The van der Waals surface area contributed by atoms with Gasteiger partial charge in [0.05, 0.1) is 12.2 Å². The highest BCUT2D eigenvalue weighted by Gasteiger charge is 2.23. The van der Waals surface area contributed by atoms with Gasteiger partial charge in [0.2, 0.25) is 0 Å². The van der Waals surface area contributed by atoms with Gasteiger partial charge in [0.15, 0.2) is 0 Å². The van der Waals surface area contributed by atoms with E-state index < -0.39 is 0 Å². The zero-order valence-electron chi connectivity index (χ0n) is 13.6. The van der Waals surface area contributed by atoms with Gasteiger partial charge in [-0.15, -0.1) is 0 Å². The molecule has 23 heavy (non-hydrogen) atoms. The predicted octanol–water partition coefficient (Wildman–Crippen LogP) is 4.05. The SMILES string of the molecule is C[C@@H]1CN(c2ccccc2CNc2ccc(F)cc2)C[C@H](C)O1. The third kappa shape index (κ3) is 4.02. The van der Waals surface area contributed by atoms with Crippen molar-refractivity contribution in [3.05, 3.63) is 59.9 Å². The van der Waals surface area contributed by atoms with Gasteiger partial charge in [0.25, 0.3) is 0 Å². The van der Waals surface area contributed by atoms with E-state index in [1.54, 1.807) is 12.1 Å². The van der Waals surface area contributed by atoms with Crippen LogP contribution >= 0.6 is 0 Å². The molecule has 1 aliphatic heterocycles. The lowest BCUT2D eigenvalue weighted by atomic mass is 10.1. The first-order valence-corrected chi connectivity index (χ1v) is 8.09. The maximum absolute atomic E-state index is 13.0. The van der Waals surface area contributed by atoms with Gasteiger partial charge in [-0.25, -0.2) is 4.39 Å². The molecule has 1 heterocycles. The quantitative estimate of drug-likeness (QED) is 0.921. The summed E-state index contributed by atoms with van der Waals surface area (Å²) in [6.45, 7) is 6.74. The molecule has 0 aliphatic carbocycles. The first-order valence-electron chi connectivity index (χ1n) is 8.09. The number of para-hydroxylation sites is 1. The van der Waals surface area contributed by atoms with Crippen LogP contribution in [0.4, 0.5) is 15.8 Å². The molecule has 0 amide bonds. The summed E-state index contributed by atoms with van der Waals surface area (Å²) in [5.74, 6) is -0.216. The first-order chi connectivity index (χ1) is 11.1. The number of rotatable bonds is 4. The Balaban J connectivity index is 1.74. The summed E-state index contributed by atoms with van der Waals surface area (Å²) in [4.78, 5) is 2.39. The summed E-state index contributed by atoms with van der Waals surface area (Å²) in [6, 6.07) is 14.9. The summed E-state index contributed by atoms with van der Waals surface area (Å²) < 4.78 is 18.8. The first kappa shape index (κ1) is 15.8. The van der Waals surface area contributed by atoms with Crippen LogP contribution in [0.2, 0.25) is 0 Å². The van der Waals surface area contributed by atoms with Crippen molar-refractivity contribution < 1.29 is 9.13 Å². The van der Waals surface area contributed by atoms with Gasteiger partial charge in [-0.3, -0.25) is 0 Å². The number of nitrogens with one attached hydrogen (secondary N) is 1. The number of halogens is 1. The molecule has 0 bridgehead atoms. The second kappa shape index (κ2) is 7.01. The Labute approximate surface area is 137 Å². The maximum atomic E-state index is 13.0. The lowest BCUT2D eigenvalue weighted by Gasteiger charge is -2.37. The molecule has 122 valence electrons. The molecule has 1 saturated heterocycles. The van der Waals surface area contributed by atoms with Gasteiger partial charge >= 0.3 is 0 Å². The summed E-state index contributed by atoms with van der Waals surface area (Å²) in [6.07, 6.45) is 0.466. The second-order valence-electron chi connectivity index (χ2n) is 6.15. The minimum absolute atomic E-state index is 0.216. The van der Waals surface area contributed by atoms with Crippen LogP contribution in [-0.2, 0) is 11.3 Å². The van der Waals surface area contributed by atoms with Gasteiger partial charge in [-0.1, -0.05) is 18.2 Å². The van der Waals surface area contributed by atoms with Crippen molar-refractivity contribution in [2.45, 2.75) is 32.6 Å². The molecule has 3 rings (SSSR count). The number of morpholine rings is 1. The summed E-state index contributed by atoms with van der Waals surface area (Å²) in [5, 5.41) is 3.37. The molecule has 0 unspecified atom stereocenters. The van der Waals surface area contributed by atoms with Crippen molar-refractivity contribution in [3.8, 4) is 0 Å². The van der Waals surface area contributed by atoms with Crippen LogP contribution in [0, 0.1) is 5.82 Å².